The van der Waals surface area contributed by atoms with Gasteiger partial charge in [-0.2, -0.15) is 0 Å². The highest BCUT2D eigenvalue weighted by atomic mass is 16.6. The van der Waals surface area contributed by atoms with Crippen LogP contribution in [-0.2, 0) is 38.9 Å². The Hall–Kier alpha value is -3.03. The van der Waals surface area contributed by atoms with Crippen molar-refractivity contribution in [3.8, 4) is 0 Å². The third-order valence-corrected chi connectivity index (χ3v) is 4.99. The lowest BCUT2D eigenvalue weighted by molar-refractivity contribution is -0.127. The average molecular weight is 450 g/mol. The maximum absolute atomic E-state index is 11.0. The van der Waals surface area contributed by atoms with Gasteiger partial charge >= 0.3 is 0 Å². The topological polar surface area (TPSA) is 69.5 Å². The minimum atomic E-state index is -0.943. The van der Waals surface area contributed by atoms with Gasteiger partial charge in [-0.25, -0.2) is 0 Å². The molecule has 0 aromatic heterocycles. The Kier molecular flexibility index (Phi) is 10.6. The van der Waals surface area contributed by atoms with Crippen LogP contribution in [0.15, 0.2) is 96.2 Å². The summed E-state index contributed by atoms with van der Waals surface area (Å²) >= 11 is 0. The van der Waals surface area contributed by atoms with E-state index in [4.69, 9.17) is 19.0 Å². The molecule has 0 radical (unpaired) electrons. The zero-order valence-corrected chi connectivity index (χ0v) is 18.8. The fourth-order valence-electron chi connectivity index (χ4n) is 3.27. The van der Waals surface area contributed by atoms with Gasteiger partial charge in [0, 0.05) is 0 Å². The van der Waals surface area contributed by atoms with Gasteiger partial charge in [-0.3, -0.25) is 0 Å². The van der Waals surface area contributed by atoms with Gasteiger partial charge in [-0.05, 0) is 16.7 Å². The Morgan fingerprint density at radius 2 is 1.21 bits per heavy atom. The Balaban J connectivity index is 1.68. The molecule has 3 aromatic rings. The number of aliphatic hydroxyl groups excluding tert-OH is 1. The van der Waals surface area contributed by atoms with Crippen molar-refractivity contribution >= 4 is 6.21 Å². The molecule has 0 aliphatic rings. The minimum Gasteiger partial charge on any atom is -0.399 e. The van der Waals surface area contributed by atoms with Gasteiger partial charge in [0.2, 0.25) is 0 Å². The molecule has 0 aliphatic heterocycles. The van der Waals surface area contributed by atoms with Gasteiger partial charge in [0.25, 0.3) is 0 Å². The quantitative estimate of drug-likeness (QED) is 0.292. The van der Waals surface area contributed by atoms with Crippen LogP contribution in [0.4, 0.5) is 0 Å². The summed E-state index contributed by atoms with van der Waals surface area (Å²) in [4.78, 5) is 4.88. The molecule has 0 aliphatic carbocycles. The smallest absolute Gasteiger partial charge is 0.125 e. The minimum absolute atomic E-state index is 0.0837. The first-order chi connectivity index (χ1) is 16.3. The number of ether oxygens (including phenoxy) is 3. The summed E-state index contributed by atoms with van der Waals surface area (Å²) in [6.07, 6.45) is -0.798. The van der Waals surface area contributed by atoms with Crippen LogP contribution in [0.25, 0.3) is 0 Å². The largest absolute Gasteiger partial charge is 0.399 e. The first-order valence-corrected chi connectivity index (χ1v) is 10.9. The van der Waals surface area contributed by atoms with E-state index in [1.165, 1.54) is 13.3 Å². The van der Waals surface area contributed by atoms with Crippen molar-refractivity contribution in [2.75, 3.05) is 13.7 Å². The number of benzene rings is 3. The van der Waals surface area contributed by atoms with E-state index in [-0.39, 0.29) is 6.61 Å². The number of oxime groups is 1. The van der Waals surface area contributed by atoms with Crippen molar-refractivity contribution in [2.24, 2.45) is 5.16 Å². The average Bonchev–Trinajstić information content (AvgIpc) is 2.87. The molecule has 3 atom stereocenters. The first-order valence-electron chi connectivity index (χ1n) is 10.9. The number of nitrogens with zero attached hydrogens (tertiary/aromatic N) is 1. The van der Waals surface area contributed by atoms with Crippen LogP contribution in [-0.4, -0.2) is 43.3 Å². The summed E-state index contributed by atoms with van der Waals surface area (Å²) in [5.74, 6) is 0. The van der Waals surface area contributed by atoms with Crippen LogP contribution >= 0.6 is 0 Å². The van der Waals surface area contributed by atoms with E-state index in [1.807, 2.05) is 91.0 Å². The molecule has 33 heavy (non-hydrogen) atoms. The Morgan fingerprint density at radius 1 is 0.727 bits per heavy atom. The number of rotatable bonds is 14. The molecule has 0 spiro atoms. The number of aliphatic hydroxyl groups is 1. The fourth-order valence-corrected chi connectivity index (χ4v) is 3.27. The molecule has 3 aromatic carbocycles. The van der Waals surface area contributed by atoms with Crippen molar-refractivity contribution < 1.29 is 24.2 Å². The third-order valence-electron chi connectivity index (χ3n) is 4.99. The van der Waals surface area contributed by atoms with E-state index in [9.17, 15) is 5.11 Å². The van der Waals surface area contributed by atoms with Gasteiger partial charge in [0.1, 0.15) is 25.4 Å². The molecule has 0 saturated heterocycles. The molecule has 0 saturated carbocycles. The van der Waals surface area contributed by atoms with Crippen molar-refractivity contribution in [2.45, 2.75) is 38.1 Å². The van der Waals surface area contributed by atoms with E-state index >= 15 is 0 Å². The van der Waals surface area contributed by atoms with Crippen LogP contribution in [0.3, 0.4) is 0 Å². The third kappa shape index (κ3) is 8.79. The lowest BCUT2D eigenvalue weighted by atomic mass is 10.1. The summed E-state index contributed by atoms with van der Waals surface area (Å²) in [6.45, 7) is 1.13. The molecule has 0 fully saturated rings. The highest BCUT2D eigenvalue weighted by Crippen LogP contribution is 2.15. The molecular weight excluding hydrogens is 418 g/mol. The molecule has 0 unspecified atom stereocenters. The molecule has 0 heterocycles. The van der Waals surface area contributed by atoms with E-state index < -0.39 is 18.3 Å². The summed E-state index contributed by atoms with van der Waals surface area (Å²) in [7, 11) is 1.46. The van der Waals surface area contributed by atoms with Crippen molar-refractivity contribution in [3.05, 3.63) is 108 Å². The maximum Gasteiger partial charge on any atom is 0.125 e. The lowest BCUT2D eigenvalue weighted by Gasteiger charge is -2.29. The van der Waals surface area contributed by atoms with Gasteiger partial charge < -0.3 is 24.2 Å². The fraction of sp³-hybridized carbons (Fsp3) is 0.296. The van der Waals surface area contributed by atoms with Gasteiger partial charge in [-0.1, -0.05) is 96.2 Å². The zero-order chi connectivity index (χ0) is 23.1. The first kappa shape index (κ1) is 24.6. The van der Waals surface area contributed by atoms with Crippen LogP contribution in [0, 0.1) is 0 Å². The predicted molar refractivity (Wildman–Crippen MR) is 128 cm³/mol. The van der Waals surface area contributed by atoms with E-state index in [2.05, 4.69) is 5.16 Å². The second-order valence-corrected chi connectivity index (χ2v) is 7.53. The zero-order valence-electron chi connectivity index (χ0n) is 18.8. The SMILES string of the molecule is CON=C[C@@H](OCc1ccccc1)[C@H](OCc1ccccc1)[C@H](O)COCc1ccccc1. The van der Waals surface area contributed by atoms with Gasteiger partial charge in [0.05, 0.1) is 32.6 Å². The molecule has 3 rings (SSSR count). The van der Waals surface area contributed by atoms with Crippen molar-refractivity contribution in [1.82, 2.24) is 0 Å². The van der Waals surface area contributed by atoms with Crippen LogP contribution < -0.4 is 0 Å². The summed E-state index contributed by atoms with van der Waals surface area (Å²) in [6, 6.07) is 29.4. The van der Waals surface area contributed by atoms with Crippen LogP contribution in [0.2, 0.25) is 0 Å². The molecule has 0 amide bonds. The van der Waals surface area contributed by atoms with Crippen LogP contribution in [0.1, 0.15) is 16.7 Å². The predicted octanol–water partition coefficient (Wildman–Crippen LogP) is 4.37. The Bertz CT molecular complexity index is 921. The summed E-state index contributed by atoms with van der Waals surface area (Å²) < 4.78 is 18.0. The maximum atomic E-state index is 11.0. The standard InChI is InChI=1S/C27H31NO5/c1-30-28-17-26(32-19-23-13-7-3-8-14-23)27(33-20-24-15-9-4-10-16-24)25(29)21-31-18-22-11-5-2-6-12-22/h2-17,25-27,29H,18-21H2,1H3/t25-,26-,27-/m1/s1. The normalized spacial score (nSPS) is 14.1. The summed E-state index contributed by atoms with van der Waals surface area (Å²) in [5, 5.41) is 14.9. The monoisotopic (exact) mass is 449 g/mol. The summed E-state index contributed by atoms with van der Waals surface area (Å²) in [5.41, 5.74) is 3.03. The van der Waals surface area contributed by atoms with Crippen molar-refractivity contribution in [3.63, 3.8) is 0 Å². The molecule has 1 N–H and O–H groups in total. The van der Waals surface area contributed by atoms with E-state index in [0.29, 0.717) is 19.8 Å². The van der Waals surface area contributed by atoms with Gasteiger partial charge in [0.15, 0.2) is 0 Å². The van der Waals surface area contributed by atoms with E-state index in [1.54, 1.807) is 0 Å². The van der Waals surface area contributed by atoms with Crippen LogP contribution in [0.5, 0.6) is 0 Å². The molecule has 6 nitrogen and oxygen atoms in total. The Labute approximate surface area is 195 Å². The number of hydrogen-bond donors (Lipinski definition) is 1. The highest BCUT2D eigenvalue weighted by Gasteiger charge is 2.30. The van der Waals surface area contributed by atoms with Crippen molar-refractivity contribution in [1.29, 1.82) is 0 Å². The van der Waals surface area contributed by atoms with Gasteiger partial charge in [-0.15, -0.1) is 0 Å². The molecule has 174 valence electrons. The lowest BCUT2D eigenvalue weighted by Crippen LogP contribution is -2.44. The highest BCUT2D eigenvalue weighted by molar-refractivity contribution is 5.63. The molecule has 0 bridgehead atoms. The second-order valence-electron chi connectivity index (χ2n) is 7.53. The molecule has 6 heteroatoms. The van der Waals surface area contributed by atoms with E-state index in [0.717, 1.165) is 16.7 Å². The number of hydrogen-bond acceptors (Lipinski definition) is 6. The molecular formula is C27H31NO5. The second kappa shape index (κ2) is 14.2. The Morgan fingerprint density at radius 3 is 1.73 bits per heavy atom.